The fourth-order valence-electron chi connectivity index (χ4n) is 1.63. The number of aromatic nitrogens is 4. The van der Waals surface area contributed by atoms with Gasteiger partial charge in [-0.15, -0.1) is 0 Å². The first-order valence-electron chi connectivity index (χ1n) is 5.34. The maximum absolute atomic E-state index is 4.31. The monoisotopic (exact) mass is 370 g/mol. The molecule has 2 rings (SSSR count). The van der Waals surface area contributed by atoms with E-state index in [-0.39, 0.29) is 0 Å². The molecule has 94 valence electrons. The van der Waals surface area contributed by atoms with Crippen LogP contribution in [-0.4, -0.2) is 19.5 Å². The Kier molecular flexibility index (Phi) is 3.97. The number of hydrogen-bond acceptors (Lipinski definition) is 3. The first-order chi connectivity index (χ1) is 8.49. The largest absolute Gasteiger partial charge is 0.321 e. The van der Waals surface area contributed by atoms with Gasteiger partial charge in [-0.1, -0.05) is 0 Å². The number of nitrogens with zero attached hydrogens (tertiary/aromatic N) is 4. The first kappa shape index (κ1) is 13.4. The number of halogens is 2. The Labute approximate surface area is 122 Å². The number of hydrogen-bond donors (Lipinski definition) is 0. The fourth-order valence-corrected chi connectivity index (χ4v) is 2.97. The van der Waals surface area contributed by atoms with Crippen LogP contribution in [0.5, 0.6) is 0 Å². The quantitative estimate of drug-likeness (QED) is 0.809. The van der Waals surface area contributed by atoms with Gasteiger partial charge in [0.25, 0.3) is 0 Å². The van der Waals surface area contributed by atoms with Crippen molar-refractivity contribution in [1.82, 2.24) is 19.5 Å². The van der Waals surface area contributed by atoms with Gasteiger partial charge in [-0.3, -0.25) is 9.97 Å². The van der Waals surface area contributed by atoms with Gasteiger partial charge in [0.1, 0.15) is 4.60 Å². The van der Waals surface area contributed by atoms with Gasteiger partial charge in [0.15, 0.2) is 4.73 Å². The Morgan fingerprint density at radius 2 is 2.00 bits per heavy atom. The molecule has 0 fully saturated rings. The van der Waals surface area contributed by atoms with Gasteiger partial charge in [-0.2, -0.15) is 0 Å². The van der Waals surface area contributed by atoms with E-state index in [0.717, 1.165) is 32.0 Å². The van der Waals surface area contributed by atoms with Crippen molar-refractivity contribution in [2.75, 3.05) is 0 Å². The Balaban J connectivity index is 2.41. The van der Waals surface area contributed by atoms with Gasteiger partial charge in [-0.05, 0) is 57.4 Å². The molecule has 2 aromatic heterocycles. The molecule has 0 amide bonds. The highest BCUT2D eigenvalue weighted by atomic mass is 79.9. The minimum Gasteiger partial charge on any atom is -0.321 e. The molecule has 0 N–H and O–H groups in total. The summed E-state index contributed by atoms with van der Waals surface area (Å²) in [5.74, 6) is 0. The number of rotatable bonds is 2. The van der Waals surface area contributed by atoms with E-state index in [1.807, 2.05) is 31.5 Å². The van der Waals surface area contributed by atoms with Gasteiger partial charge in [-0.25, -0.2) is 4.98 Å². The molecule has 0 aliphatic carbocycles. The Bertz CT molecular complexity index is 599. The van der Waals surface area contributed by atoms with Gasteiger partial charge < -0.3 is 4.57 Å². The smallest absolute Gasteiger partial charge is 0.178 e. The van der Waals surface area contributed by atoms with E-state index in [4.69, 9.17) is 0 Å². The lowest BCUT2D eigenvalue weighted by atomic mass is 10.2. The van der Waals surface area contributed by atoms with Crippen LogP contribution in [0.2, 0.25) is 0 Å². The topological polar surface area (TPSA) is 43.6 Å². The first-order valence-corrected chi connectivity index (χ1v) is 6.92. The zero-order chi connectivity index (χ0) is 13.3. The molecule has 0 aliphatic rings. The lowest BCUT2D eigenvalue weighted by Gasteiger charge is -2.04. The standard InChI is InChI=1S/C12H12Br2N4/c1-7(4-9-6-15-8(2)5-16-9)10-11(13)17-12(14)18(10)3/h4-6H,1-3H3/b7-4+. The van der Waals surface area contributed by atoms with Crippen LogP contribution < -0.4 is 0 Å². The van der Waals surface area contributed by atoms with Crippen molar-refractivity contribution in [2.24, 2.45) is 7.05 Å². The zero-order valence-electron chi connectivity index (χ0n) is 10.3. The molecule has 2 heterocycles. The predicted octanol–water partition coefficient (Wildman–Crippen LogP) is 3.60. The molecule has 0 spiro atoms. The summed E-state index contributed by atoms with van der Waals surface area (Å²) in [7, 11) is 1.95. The van der Waals surface area contributed by atoms with E-state index in [2.05, 4.69) is 46.8 Å². The fraction of sp³-hybridized carbons (Fsp3) is 0.250. The number of imidazole rings is 1. The summed E-state index contributed by atoms with van der Waals surface area (Å²) in [5.41, 5.74) is 3.83. The maximum atomic E-state index is 4.31. The maximum Gasteiger partial charge on any atom is 0.178 e. The molecule has 0 radical (unpaired) electrons. The third kappa shape index (κ3) is 2.70. The Morgan fingerprint density at radius 3 is 2.50 bits per heavy atom. The van der Waals surface area contributed by atoms with Crippen molar-refractivity contribution in [2.45, 2.75) is 13.8 Å². The van der Waals surface area contributed by atoms with E-state index in [1.54, 1.807) is 12.4 Å². The normalized spacial score (nSPS) is 11.9. The molecule has 0 saturated carbocycles. The molecule has 0 aromatic carbocycles. The third-order valence-corrected chi connectivity index (χ3v) is 3.80. The Hall–Kier alpha value is -1.01. The van der Waals surface area contributed by atoms with Gasteiger partial charge in [0, 0.05) is 13.2 Å². The molecule has 18 heavy (non-hydrogen) atoms. The van der Waals surface area contributed by atoms with E-state index in [9.17, 15) is 0 Å². The average molecular weight is 372 g/mol. The molecule has 0 saturated heterocycles. The summed E-state index contributed by atoms with van der Waals surface area (Å²) >= 11 is 6.85. The molecule has 0 aliphatic heterocycles. The number of aryl methyl sites for hydroxylation is 1. The lowest BCUT2D eigenvalue weighted by Crippen LogP contribution is -1.95. The van der Waals surface area contributed by atoms with Crippen molar-refractivity contribution in [3.05, 3.63) is 38.8 Å². The summed E-state index contributed by atoms with van der Waals surface area (Å²) in [5, 5.41) is 0. The van der Waals surface area contributed by atoms with Crippen molar-refractivity contribution >= 4 is 43.5 Å². The minimum atomic E-state index is 0.784. The summed E-state index contributed by atoms with van der Waals surface area (Å²) in [6, 6.07) is 0. The van der Waals surface area contributed by atoms with Crippen LogP contribution in [0.3, 0.4) is 0 Å². The van der Waals surface area contributed by atoms with Crippen LogP contribution in [0.25, 0.3) is 11.6 Å². The van der Waals surface area contributed by atoms with E-state index in [1.165, 1.54) is 0 Å². The SMILES string of the molecule is C/C(=C\c1cnc(C)cn1)c1c(Br)nc(Br)n1C. The average Bonchev–Trinajstić information content (AvgIpc) is 2.56. The zero-order valence-corrected chi connectivity index (χ0v) is 13.4. The summed E-state index contributed by atoms with van der Waals surface area (Å²) in [4.78, 5) is 12.8. The van der Waals surface area contributed by atoms with Crippen molar-refractivity contribution in [3.63, 3.8) is 0 Å². The lowest BCUT2D eigenvalue weighted by molar-refractivity contribution is 0.866. The highest BCUT2D eigenvalue weighted by Crippen LogP contribution is 2.27. The molecule has 0 bridgehead atoms. The van der Waals surface area contributed by atoms with E-state index in [0.29, 0.717) is 0 Å². The van der Waals surface area contributed by atoms with Crippen LogP contribution in [0.15, 0.2) is 21.7 Å². The van der Waals surface area contributed by atoms with E-state index >= 15 is 0 Å². The van der Waals surface area contributed by atoms with Crippen LogP contribution in [0.1, 0.15) is 24.0 Å². The minimum absolute atomic E-state index is 0.784. The second-order valence-electron chi connectivity index (χ2n) is 3.99. The Morgan fingerprint density at radius 1 is 1.28 bits per heavy atom. The van der Waals surface area contributed by atoms with Crippen molar-refractivity contribution < 1.29 is 0 Å². The van der Waals surface area contributed by atoms with Gasteiger partial charge >= 0.3 is 0 Å². The third-order valence-electron chi connectivity index (χ3n) is 2.54. The molecule has 2 aromatic rings. The molecular formula is C12H12Br2N4. The predicted molar refractivity (Wildman–Crippen MR) is 78.9 cm³/mol. The summed E-state index contributed by atoms with van der Waals surface area (Å²) in [6.45, 7) is 3.94. The van der Waals surface area contributed by atoms with Crippen LogP contribution >= 0.6 is 31.9 Å². The van der Waals surface area contributed by atoms with E-state index < -0.39 is 0 Å². The molecular weight excluding hydrogens is 360 g/mol. The number of allylic oxidation sites excluding steroid dienone is 1. The molecule has 0 unspecified atom stereocenters. The molecule has 6 heteroatoms. The second kappa shape index (κ2) is 5.32. The van der Waals surface area contributed by atoms with Crippen LogP contribution in [-0.2, 0) is 7.05 Å². The van der Waals surface area contributed by atoms with Gasteiger partial charge in [0.2, 0.25) is 0 Å². The van der Waals surface area contributed by atoms with Gasteiger partial charge in [0.05, 0.1) is 23.3 Å². The van der Waals surface area contributed by atoms with Crippen LogP contribution in [0, 0.1) is 6.92 Å². The second-order valence-corrected chi connectivity index (χ2v) is 5.45. The van der Waals surface area contributed by atoms with Crippen molar-refractivity contribution in [1.29, 1.82) is 0 Å². The summed E-state index contributed by atoms with van der Waals surface area (Å²) in [6.07, 6.45) is 5.51. The highest BCUT2D eigenvalue weighted by molar-refractivity contribution is 9.11. The van der Waals surface area contributed by atoms with Crippen molar-refractivity contribution in [3.8, 4) is 0 Å². The molecule has 0 atom stereocenters. The highest BCUT2D eigenvalue weighted by Gasteiger charge is 2.12. The molecule has 4 nitrogen and oxygen atoms in total. The van der Waals surface area contributed by atoms with Crippen LogP contribution in [0.4, 0.5) is 0 Å². The summed E-state index contributed by atoms with van der Waals surface area (Å²) < 4.78 is 3.56.